The minimum atomic E-state index is 0.107. The van der Waals surface area contributed by atoms with Crippen LogP contribution in [0.25, 0.3) is 0 Å². The number of carbonyl (C=O) groups excluding carboxylic acids is 1. The largest absolute Gasteiger partial charge is 0.348 e. The summed E-state index contributed by atoms with van der Waals surface area (Å²) in [6.45, 7) is 1.58. The van der Waals surface area contributed by atoms with Crippen molar-refractivity contribution < 1.29 is 4.79 Å². The predicted octanol–water partition coefficient (Wildman–Crippen LogP) is 2.33. The quantitative estimate of drug-likeness (QED) is 0.718. The van der Waals surface area contributed by atoms with Crippen LogP contribution in [0.15, 0.2) is 6.20 Å². The lowest BCUT2D eigenvalue weighted by molar-refractivity contribution is 0.102. The zero-order valence-electron chi connectivity index (χ0n) is 8.49. The fourth-order valence-corrected chi connectivity index (χ4v) is 2.37. The first-order valence-corrected chi connectivity index (χ1v) is 5.69. The monoisotopic (exact) mass is 210 g/mol. The van der Waals surface area contributed by atoms with E-state index < -0.39 is 0 Å². The van der Waals surface area contributed by atoms with E-state index in [9.17, 15) is 4.79 Å². The topological polar surface area (TPSA) is 33.2 Å². The Morgan fingerprint density at radius 2 is 2.36 bits per heavy atom. The van der Waals surface area contributed by atoms with Crippen LogP contribution in [-0.2, 0) is 0 Å². The van der Waals surface area contributed by atoms with E-state index in [1.54, 1.807) is 13.1 Å². The van der Waals surface area contributed by atoms with E-state index in [0.717, 1.165) is 10.0 Å². The lowest BCUT2D eigenvalue weighted by Crippen LogP contribution is -2.36. The van der Waals surface area contributed by atoms with Crippen molar-refractivity contribution in [2.45, 2.75) is 32.2 Å². The third-order valence-corrected chi connectivity index (χ3v) is 3.95. The maximum absolute atomic E-state index is 11.1. The Bertz CT molecular complexity index is 344. The average molecular weight is 210 g/mol. The highest BCUT2D eigenvalue weighted by molar-refractivity contribution is 7.17. The molecule has 1 heterocycles. The molecule has 2 rings (SSSR count). The van der Waals surface area contributed by atoms with Crippen molar-refractivity contribution in [3.63, 3.8) is 0 Å². The molecule has 0 bridgehead atoms. The van der Waals surface area contributed by atoms with Gasteiger partial charge in [-0.25, -0.2) is 4.98 Å². The standard InChI is InChI=1S/C10H14N2OS/c1-7(13)9-6-11-10(14-9)12(2)8-4-3-5-8/h6,8H,3-5H2,1-2H3. The highest BCUT2D eigenvalue weighted by atomic mass is 32.1. The number of ketones is 1. The number of thiazole rings is 1. The summed E-state index contributed by atoms with van der Waals surface area (Å²) in [5.74, 6) is 0.107. The van der Waals surface area contributed by atoms with E-state index in [2.05, 4.69) is 16.9 Å². The highest BCUT2D eigenvalue weighted by Gasteiger charge is 2.24. The van der Waals surface area contributed by atoms with Crippen molar-refractivity contribution in [2.24, 2.45) is 0 Å². The number of nitrogens with zero attached hydrogens (tertiary/aromatic N) is 2. The smallest absolute Gasteiger partial charge is 0.185 e. The van der Waals surface area contributed by atoms with Gasteiger partial charge in [0.05, 0.1) is 11.1 Å². The number of rotatable bonds is 3. The van der Waals surface area contributed by atoms with E-state index in [4.69, 9.17) is 0 Å². The summed E-state index contributed by atoms with van der Waals surface area (Å²) in [6, 6.07) is 0.640. The molecule has 0 unspecified atom stereocenters. The Morgan fingerprint density at radius 1 is 1.64 bits per heavy atom. The summed E-state index contributed by atoms with van der Waals surface area (Å²) in [4.78, 5) is 18.3. The molecule has 0 aliphatic heterocycles. The van der Waals surface area contributed by atoms with Crippen molar-refractivity contribution in [3.05, 3.63) is 11.1 Å². The SMILES string of the molecule is CC(=O)c1cnc(N(C)C2CCC2)s1. The maximum atomic E-state index is 11.1. The van der Waals surface area contributed by atoms with Gasteiger partial charge in [-0.15, -0.1) is 0 Å². The van der Waals surface area contributed by atoms with Crippen LogP contribution in [0, 0.1) is 0 Å². The van der Waals surface area contributed by atoms with Gasteiger partial charge in [0.15, 0.2) is 10.9 Å². The van der Waals surface area contributed by atoms with E-state index in [0.29, 0.717) is 6.04 Å². The molecule has 76 valence electrons. The molecule has 0 N–H and O–H groups in total. The molecule has 14 heavy (non-hydrogen) atoms. The van der Waals surface area contributed by atoms with Crippen LogP contribution in [0.2, 0.25) is 0 Å². The van der Waals surface area contributed by atoms with Gasteiger partial charge in [0.1, 0.15) is 0 Å². The summed E-state index contributed by atoms with van der Waals surface area (Å²) in [5, 5.41) is 0.972. The molecule has 1 fully saturated rings. The molecule has 1 aromatic heterocycles. The second-order valence-electron chi connectivity index (χ2n) is 3.76. The lowest BCUT2D eigenvalue weighted by Gasteiger charge is -2.34. The zero-order chi connectivity index (χ0) is 10.1. The molecule has 0 aromatic carbocycles. The van der Waals surface area contributed by atoms with Crippen LogP contribution < -0.4 is 4.90 Å². The average Bonchev–Trinajstić information content (AvgIpc) is 2.48. The van der Waals surface area contributed by atoms with Gasteiger partial charge in [0.25, 0.3) is 0 Å². The molecule has 1 saturated carbocycles. The van der Waals surface area contributed by atoms with Gasteiger partial charge in [0.2, 0.25) is 0 Å². The van der Waals surface area contributed by atoms with Crippen LogP contribution >= 0.6 is 11.3 Å². The fraction of sp³-hybridized carbons (Fsp3) is 0.600. The van der Waals surface area contributed by atoms with Crippen molar-refractivity contribution in [1.29, 1.82) is 0 Å². The Hall–Kier alpha value is -0.900. The van der Waals surface area contributed by atoms with Gasteiger partial charge < -0.3 is 4.90 Å². The summed E-state index contributed by atoms with van der Waals surface area (Å²) < 4.78 is 0. The van der Waals surface area contributed by atoms with Crippen LogP contribution in [0.3, 0.4) is 0 Å². The van der Waals surface area contributed by atoms with Crippen molar-refractivity contribution >= 4 is 22.3 Å². The first-order chi connectivity index (χ1) is 6.68. The van der Waals surface area contributed by atoms with Crippen molar-refractivity contribution in [3.8, 4) is 0 Å². The number of hydrogen-bond acceptors (Lipinski definition) is 4. The van der Waals surface area contributed by atoms with Gasteiger partial charge >= 0.3 is 0 Å². The first kappa shape index (κ1) is 9.65. The van der Waals surface area contributed by atoms with Crippen molar-refractivity contribution in [1.82, 2.24) is 4.98 Å². The molecular weight excluding hydrogens is 196 g/mol. The Balaban J connectivity index is 2.11. The molecule has 0 saturated heterocycles. The predicted molar refractivity (Wildman–Crippen MR) is 58.2 cm³/mol. The Kier molecular flexibility index (Phi) is 2.54. The third kappa shape index (κ3) is 1.66. The molecule has 1 aliphatic carbocycles. The molecule has 0 spiro atoms. The third-order valence-electron chi connectivity index (χ3n) is 2.76. The molecule has 0 radical (unpaired) electrons. The summed E-state index contributed by atoms with van der Waals surface area (Å²) in [7, 11) is 2.06. The number of carbonyl (C=O) groups is 1. The Morgan fingerprint density at radius 3 is 2.79 bits per heavy atom. The minimum absolute atomic E-state index is 0.107. The number of aromatic nitrogens is 1. The van der Waals surface area contributed by atoms with Crippen LogP contribution in [0.1, 0.15) is 35.9 Å². The molecule has 0 atom stereocenters. The molecule has 3 nitrogen and oxygen atoms in total. The second kappa shape index (κ2) is 3.69. The van der Waals surface area contributed by atoms with E-state index in [1.165, 1.54) is 30.6 Å². The van der Waals surface area contributed by atoms with Crippen LogP contribution in [0.5, 0.6) is 0 Å². The van der Waals surface area contributed by atoms with E-state index >= 15 is 0 Å². The molecule has 4 heteroatoms. The van der Waals surface area contributed by atoms with Gasteiger partial charge in [-0.05, 0) is 19.3 Å². The van der Waals surface area contributed by atoms with Crippen molar-refractivity contribution in [2.75, 3.05) is 11.9 Å². The molecular formula is C10H14N2OS. The minimum Gasteiger partial charge on any atom is -0.348 e. The Labute approximate surface area is 87.8 Å². The van der Waals surface area contributed by atoms with Gasteiger partial charge in [0, 0.05) is 20.0 Å². The fourth-order valence-electron chi connectivity index (χ4n) is 1.52. The lowest BCUT2D eigenvalue weighted by atomic mass is 9.92. The van der Waals surface area contributed by atoms with E-state index in [-0.39, 0.29) is 5.78 Å². The highest BCUT2D eigenvalue weighted by Crippen LogP contribution is 2.30. The number of hydrogen-bond donors (Lipinski definition) is 0. The number of Topliss-reactive ketones (excluding diaryl/α,β-unsaturated/α-hetero) is 1. The summed E-state index contributed by atoms with van der Waals surface area (Å²) in [5.41, 5.74) is 0. The second-order valence-corrected chi connectivity index (χ2v) is 4.77. The summed E-state index contributed by atoms with van der Waals surface area (Å²) in [6.07, 6.45) is 5.51. The normalized spacial score (nSPS) is 16.4. The van der Waals surface area contributed by atoms with Gasteiger partial charge in [-0.1, -0.05) is 11.3 Å². The maximum Gasteiger partial charge on any atom is 0.185 e. The molecule has 0 amide bonds. The van der Waals surface area contributed by atoms with Gasteiger partial charge in [-0.2, -0.15) is 0 Å². The first-order valence-electron chi connectivity index (χ1n) is 4.88. The zero-order valence-corrected chi connectivity index (χ0v) is 9.30. The van der Waals surface area contributed by atoms with Crippen LogP contribution in [0.4, 0.5) is 5.13 Å². The number of anilines is 1. The molecule has 1 aliphatic rings. The summed E-state index contributed by atoms with van der Waals surface area (Å²) >= 11 is 1.49. The van der Waals surface area contributed by atoms with Gasteiger partial charge in [-0.3, -0.25) is 4.79 Å². The van der Waals surface area contributed by atoms with Crippen LogP contribution in [-0.4, -0.2) is 23.9 Å². The molecule has 1 aromatic rings. The van der Waals surface area contributed by atoms with E-state index in [1.807, 2.05) is 0 Å².